The number of benzene rings is 1. The van der Waals surface area contributed by atoms with Gasteiger partial charge >= 0.3 is 6.18 Å². The molecule has 4 nitrogen and oxygen atoms in total. The van der Waals surface area contributed by atoms with Gasteiger partial charge in [-0.15, -0.1) is 12.4 Å². The number of rotatable bonds is 5. The molecular weight excluding hydrogens is 319 g/mol. The fourth-order valence-corrected chi connectivity index (χ4v) is 2.09. The monoisotopic (exact) mass is 335 g/mol. The van der Waals surface area contributed by atoms with E-state index in [9.17, 15) is 18.0 Å². The number of aromatic nitrogens is 1. The van der Waals surface area contributed by atoms with E-state index in [0.717, 1.165) is 16.5 Å². The summed E-state index contributed by atoms with van der Waals surface area (Å²) in [5.74, 6) is -0.579. The number of nitrogens with one attached hydrogen (secondary N) is 2. The van der Waals surface area contributed by atoms with Crippen LogP contribution in [0.15, 0.2) is 30.5 Å². The summed E-state index contributed by atoms with van der Waals surface area (Å²) in [4.78, 5) is 14.7. The van der Waals surface area contributed by atoms with Crippen LogP contribution in [0.25, 0.3) is 10.9 Å². The van der Waals surface area contributed by atoms with Gasteiger partial charge in [0, 0.05) is 23.6 Å². The van der Waals surface area contributed by atoms with Crippen molar-refractivity contribution in [1.29, 1.82) is 0 Å². The van der Waals surface area contributed by atoms with Crippen LogP contribution in [0.4, 0.5) is 13.2 Å². The van der Waals surface area contributed by atoms with Gasteiger partial charge in [0.2, 0.25) is 5.91 Å². The third-order valence-electron chi connectivity index (χ3n) is 3.16. The zero-order valence-corrected chi connectivity index (χ0v) is 12.4. The molecule has 1 heterocycles. The van der Waals surface area contributed by atoms with Crippen LogP contribution in [0.5, 0.6) is 0 Å². The number of H-pyrrole nitrogens is 1. The van der Waals surface area contributed by atoms with Gasteiger partial charge in [-0.05, 0) is 18.1 Å². The van der Waals surface area contributed by atoms with Gasteiger partial charge in [-0.2, -0.15) is 13.2 Å². The van der Waals surface area contributed by atoms with Crippen molar-refractivity contribution in [3.63, 3.8) is 0 Å². The first-order valence-corrected chi connectivity index (χ1v) is 6.52. The SMILES string of the molecule is Cl.N[C@@H](Cc1c[nH]c2ccccc12)C(=O)NCCC(F)(F)F. The standard InChI is InChI=1S/C14H16F3N3O.ClH/c15-14(16,17)5-6-19-13(21)11(18)7-9-8-20-12-4-2-1-3-10(9)12;/h1-4,8,11,20H,5-7,18H2,(H,19,21);1H/t11-;/m0./s1. The Kier molecular flexibility index (Phi) is 6.25. The summed E-state index contributed by atoms with van der Waals surface area (Å²) >= 11 is 0. The van der Waals surface area contributed by atoms with Crippen LogP contribution in [0, 0.1) is 0 Å². The van der Waals surface area contributed by atoms with Crippen molar-refractivity contribution in [3.05, 3.63) is 36.0 Å². The Morgan fingerprint density at radius 2 is 2.00 bits per heavy atom. The average molecular weight is 336 g/mol. The summed E-state index contributed by atoms with van der Waals surface area (Å²) in [6.07, 6.45) is -3.32. The first-order valence-electron chi connectivity index (χ1n) is 6.52. The van der Waals surface area contributed by atoms with Gasteiger partial charge in [0.05, 0.1) is 12.5 Å². The van der Waals surface area contributed by atoms with Crippen molar-refractivity contribution in [2.75, 3.05) is 6.54 Å². The number of para-hydroxylation sites is 1. The number of hydrogen-bond donors (Lipinski definition) is 3. The first kappa shape index (κ1) is 18.3. The Morgan fingerprint density at radius 1 is 1.32 bits per heavy atom. The number of fused-ring (bicyclic) bond motifs is 1. The maximum Gasteiger partial charge on any atom is 0.390 e. The van der Waals surface area contributed by atoms with E-state index in [4.69, 9.17) is 5.73 Å². The minimum absolute atomic E-state index is 0. The van der Waals surface area contributed by atoms with Crippen molar-refractivity contribution in [2.45, 2.75) is 25.1 Å². The molecule has 22 heavy (non-hydrogen) atoms. The minimum atomic E-state index is -4.28. The fraction of sp³-hybridized carbons (Fsp3) is 0.357. The lowest BCUT2D eigenvalue weighted by molar-refractivity contribution is -0.135. The third kappa shape index (κ3) is 4.92. The van der Waals surface area contributed by atoms with E-state index in [1.54, 1.807) is 6.20 Å². The van der Waals surface area contributed by atoms with Gasteiger partial charge < -0.3 is 16.0 Å². The number of carbonyl (C=O) groups excluding carboxylic acids is 1. The molecule has 0 aliphatic carbocycles. The van der Waals surface area contributed by atoms with Gasteiger partial charge in [0.1, 0.15) is 0 Å². The molecule has 8 heteroatoms. The fourth-order valence-electron chi connectivity index (χ4n) is 2.09. The van der Waals surface area contributed by atoms with Crippen LogP contribution in [0.3, 0.4) is 0 Å². The van der Waals surface area contributed by atoms with Crippen LogP contribution < -0.4 is 11.1 Å². The Balaban J connectivity index is 0.00000242. The normalized spacial score (nSPS) is 12.7. The third-order valence-corrected chi connectivity index (χ3v) is 3.16. The highest BCUT2D eigenvalue weighted by Crippen LogP contribution is 2.19. The molecule has 122 valence electrons. The van der Waals surface area contributed by atoms with Crippen molar-refractivity contribution in [2.24, 2.45) is 5.73 Å². The van der Waals surface area contributed by atoms with Crippen molar-refractivity contribution in [3.8, 4) is 0 Å². The molecule has 2 aromatic rings. The highest BCUT2D eigenvalue weighted by Gasteiger charge is 2.27. The summed E-state index contributed by atoms with van der Waals surface area (Å²) in [5, 5.41) is 3.16. The lowest BCUT2D eigenvalue weighted by Gasteiger charge is -2.12. The second-order valence-electron chi connectivity index (χ2n) is 4.83. The van der Waals surface area contributed by atoms with Crippen LogP contribution in [0.2, 0.25) is 0 Å². The molecule has 0 radical (unpaired) electrons. The molecule has 0 aliphatic heterocycles. The van der Waals surface area contributed by atoms with Gasteiger partial charge in [-0.3, -0.25) is 4.79 Å². The first-order chi connectivity index (χ1) is 9.87. The van der Waals surface area contributed by atoms with Gasteiger partial charge in [0.15, 0.2) is 0 Å². The Morgan fingerprint density at radius 3 is 2.68 bits per heavy atom. The number of alkyl halides is 3. The number of nitrogens with two attached hydrogens (primary N) is 1. The number of carbonyl (C=O) groups is 1. The molecule has 2 rings (SSSR count). The highest BCUT2D eigenvalue weighted by atomic mass is 35.5. The van der Waals surface area contributed by atoms with Gasteiger partial charge in [0.25, 0.3) is 0 Å². The molecule has 1 amide bonds. The lowest BCUT2D eigenvalue weighted by Crippen LogP contribution is -2.43. The Hall–Kier alpha value is -1.73. The predicted octanol–water partition coefficient (Wildman–Crippen LogP) is 2.53. The van der Waals surface area contributed by atoms with E-state index in [0.29, 0.717) is 0 Å². The molecule has 1 aromatic heterocycles. The van der Waals surface area contributed by atoms with E-state index in [1.807, 2.05) is 24.3 Å². The molecular formula is C14H17ClF3N3O. The lowest BCUT2D eigenvalue weighted by atomic mass is 10.1. The second kappa shape index (κ2) is 7.51. The van der Waals surface area contributed by atoms with E-state index in [2.05, 4.69) is 10.3 Å². The predicted molar refractivity (Wildman–Crippen MR) is 80.9 cm³/mol. The summed E-state index contributed by atoms with van der Waals surface area (Å²) in [5.41, 5.74) is 7.53. The van der Waals surface area contributed by atoms with Crippen molar-refractivity contribution >= 4 is 29.2 Å². The summed E-state index contributed by atoms with van der Waals surface area (Å²) in [6.45, 7) is -0.454. The van der Waals surface area contributed by atoms with Gasteiger partial charge in [-0.25, -0.2) is 0 Å². The summed E-state index contributed by atoms with van der Waals surface area (Å²) in [6, 6.07) is 6.67. The molecule has 1 atom stereocenters. The van der Waals surface area contributed by atoms with E-state index >= 15 is 0 Å². The quantitative estimate of drug-likeness (QED) is 0.785. The van der Waals surface area contributed by atoms with Crippen LogP contribution in [-0.2, 0) is 11.2 Å². The minimum Gasteiger partial charge on any atom is -0.361 e. The van der Waals surface area contributed by atoms with E-state index in [-0.39, 0.29) is 18.8 Å². The maximum atomic E-state index is 12.0. The Bertz CT molecular complexity index is 627. The smallest absolute Gasteiger partial charge is 0.361 e. The number of halogens is 4. The van der Waals surface area contributed by atoms with Crippen LogP contribution >= 0.6 is 12.4 Å². The molecule has 0 unspecified atom stereocenters. The van der Waals surface area contributed by atoms with Crippen molar-refractivity contribution in [1.82, 2.24) is 10.3 Å². The molecule has 0 saturated heterocycles. The van der Waals surface area contributed by atoms with E-state index < -0.39 is 31.1 Å². The largest absolute Gasteiger partial charge is 0.390 e. The molecule has 0 saturated carbocycles. The van der Waals surface area contributed by atoms with Crippen LogP contribution in [0.1, 0.15) is 12.0 Å². The molecule has 0 bridgehead atoms. The zero-order valence-electron chi connectivity index (χ0n) is 11.6. The highest BCUT2D eigenvalue weighted by molar-refractivity contribution is 5.86. The van der Waals surface area contributed by atoms with Crippen molar-refractivity contribution < 1.29 is 18.0 Å². The molecule has 0 aliphatic rings. The molecule has 0 fully saturated rings. The summed E-state index contributed by atoms with van der Waals surface area (Å²) in [7, 11) is 0. The Labute approximate surface area is 131 Å². The second-order valence-corrected chi connectivity index (χ2v) is 4.83. The number of aromatic amines is 1. The maximum absolute atomic E-state index is 12.0. The number of amides is 1. The number of hydrogen-bond acceptors (Lipinski definition) is 2. The molecule has 1 aromatic carbocycles. The topological polar surface area (TPSA) is 70.9 Å². The van der Waals surface area contributed by atoms with E-state index in [1.165, 1.54) is 0 Å². The summed E-state index contributed by atoms with van der Waals surface area (Å²) < 4.78 is 36.0. The average Bonchev–Trinajstić information content (AvgIpc) is 2.80. The van der Waals surface area contributed by atoms with Crippen LogP contribution in [-0.4, -0.2) is 29.7 Å². The zero-order chi connectivity index (χ0) is 15.5. The van der Waals surface area contributed by atoms with Gasteiger partial charge in [-0.1, -0.05) is 18.2 Å². The molecule has 4 N–H and O–H groups in total. The molecule has 0 spiro atoms.